The number of aromatic nitrogens is 2. The number of ether oxygens (including phenoxy) is 1. The number of carbonyl (C=O) groups excluding carboxylic acids is 2. The van der Waals surface area contributed by atoms with Gasteiger partial charge in [-0.25, -0.2) is 9.97 Å². The zero-order valence-corrected chi connectivity index (χ0v) is 22.4. The molecule has 3 atom stereocenters. The number of morpholine rings is 1. The fraction of sp³-hybridized carbons (Fsp3) is 0.481. The number of likely N-dealkylation sites (tertiary alicyclic amines) is 1. The van der Waals surface area contributed by atoms with Crippen LogP contribution < -0.4 is 11.1 Å². The summed E-state index contributed by atoms with van der Waals surface area (Å²) in [5.74, 6) is -0.459. The molecule has 10 heteroatoms. The van der Waals surface area contributed by atoms with Crippen LogP contribution in [0.2, 0.25) is 0 Å². The highest BCUT2D eigenvalue weighted by atomic mass is 32.1. The van der Waals surface area contributed by atoms with Crippen LogP contribution in [0.4, 0.5) is 11.5 Å². The van der Waals surface area contributed by atoms with Crippen LogP contribution in [0.1, 0.15) is 55.0 Å². The van der Waals surface area contributed by atoms with Crippen molar-refractivity contribution in [1.82, 2.24) is 19.8 Å². The van der Waals surface area contributed by atoms with Gasteiger partial charge in [-0.15, -0.1) is 11.3 Å². The Balaban J connectivity index is 1.36. The van der Waals surface area contributed by atoms with E-state index in [0.717, 1.165) is 52.3 Å². The first-order valence-electron chi connectivity index (χ1n) is 12.9. The fourth-order valence-electron chi connectivity index (χ4n) is 5.15. The van der Waals surface area contributed by atoms with Gasteiger partial charge in [-0.05, 0) is 61.6 Å². The van der Waals surface area contributed by atoms with E-state index < -0.39 is 11.8 Å². The lowest BCUT2D eigenvalue weighted by Gasteiger charge is -2.38. The number of hydrogen-bond acceptors (Lipinski definition) is 8. The van der Waals surface area contributed by atoms with Gasteiger partial charge < -0.3 is 25.6 Å². The Morgan fingerprint density at radius 3 is 2.86 bits per heavy atom. The number of nitrogens with one attached hydrogen (secondary N) is 1. The van der Waals surface area contributed by atoms with Crippen LogP contribution >= 0.6 is 11.3 Å². The van der Waals surface area contributed by atoms with Crippen molar-refractivity contribution in [2.75, 3.05) is 44.3 Å². The molecule has 4 heterocycles. The molecule has 2 aliphatic heterocycles. The molecule has 5 rings (SSSR count). The summed E-state index contributed by atoms with van der Waals surface area (Å²) in [4.78, 5) is 39.4. The molecule has 0 aliphatic carbocycles. The highest BCUT2D eigenvalue weighted by Crippen LogP contribution is 2.37. The number of aryl methyl sites for hydroxylation is 1. The van der Waals surface area contributed by atoms with E-state index >= 15 is 0 Å². The van der Waals surface area contributed by atoms with E-state index in [-0.39, 0.29) is 12.1 Å². The number of rotatable bonds is 4. The van der Waals surface area contributed by atoms with Crippen molar-refractivity contribution in [1.29, 1.82) is 0 Å². The first kappa shape index (κ1) is 25.6. The summed E-state index contributed by atoms with van der Waals surface area (Å²) in [5, 5.41) is 3.70. The van der Waals surface area contributed by atoms with Gasteiger partial charge in [0.05, 0.1) is 34.7 Å². The van der Waals surface area contributed by atoms with Crippen molar-refractivity contribution in [2.24, 2.45) is 5.92 Å². The Bertz CT molecular complexity index is 1310. The van der Waals surface area contributed by atoms with Crippen LogP contribution in [0.3, 0.4) is 0 Å². The molecular formula is C27H34N6O3S. The van der Waals surface area contributed by atoms with Gasteiger partial charge in [-0.3, -0.25) is 9.59 Å². The van der Waals surface area contributed by atoms with Crippen LogP contribution in [0.5, 0.6) is 0 Å². The lowest BCUT2D eigenvalue weighted by atomic mass is 9.89. The number of benzene rings is 1. The second-order valence-electron chi connectivity index (χ2n) is 10.1. The minimum Gasteiger partial charge on any atom is -0.383 e. The number of hydrogen-bond donors (Lipinski definition) is 2. The van der Waals surface area contributed by atoms with Gasteiger partial charge in [0.15, 0.2) is 0 Å². The average Bonchev–Trinajstić information content (AvgIpc) is 3.33. The molecule has 2 amide bonds. The Hall–Kier alpha value is -3.08. The number of fused-ring (bicyclic) bond motifs is 1. The summed E-state index contributed by atoms with van der Waals surface area (Å²) in [5.41, 5.74) is 9.09. The maximum atomic E-state index is 13.4. The number of nitrogens with two attached hydrogens (primary N) is 1. The normalized spacial score (nSPS) is 22.8. The molecule has 0 bridgehead atoms. The van der Waals surface area contributed by atoms with E-state index in [1.165, 1.54) is 6.20 Å². The Labute approximate surface area is 221 Å². The average molecular weight is 523 g/mol. The standard InChI is InChI=1S/C27H34N6O3S/c1-4-17-11-19(13-29-24(17)28)30-25(34)27(35)33-14-16(2)5-7-21(33)18-6-8-23-20(12-18)31-26(37-23)22-15-32(3)9-10-36-22/h6,8,11-13,16,21-22H,4-5,7,9-10,14-15H2,1-3H3,(H2,28,29)(H,30,34)/t16-,21+,22+/m0/s1. The van der Waals surface area contributed by atoms with Gasteiger partial charge >= 0.3 is 11.8 Å². The summed E-state index contributed by atoms with van der Waals surface area (Å²) in [6.45, 7) is 7.06. The Morgan fingerprint density at radius 2 is 2.08 bits per heavy atom. The van der Waals surface area contributed by atoms with Crippen LogP contribution in [-0.2, 0) is 20.7 Å². The smallest absolute Gasteiger partial charge is 0.313 e. The first-order valence-corrected chi connectivity index (χ1v) is 13.7. The van der Waals surface area contributed by atoms with Crippen LogP contribution in [-0.4, -0.2) is 64.9 Å². The molecule has 1 aromatic carbocycles. The third-order valence-electron chi connectivity index (χ3n) is 7.27. The lowest BCUT2D eigenvalue weighted by Crippen LogP contribution is -2.46. The van der Waals surface area contributed by atoms with E-state index in [1.807, 2.05) is 6.92 Å². The molecule has 0 spiro atoms. The molecule has 2 fully saturated rings. The summed E-state index contributed by atoms with van der Waals surface area (Å²) in [6, 6.07) is 7.79. The highest BCUT2D eigenvalue weighted by molar-refractivity contribution is 7.18. The molecule has 37 heavy (non-hydrogen) atoms. The van der Waals surface area contributed by atoms with E-state index in [2.05, 4.69) is 47.4 Å². The van der Waals surface area contributed by atoms with E-state index in [9.17, 15) is 9.59 Å². The number of pyridine rings is 1. The van der Waals surface area contributed by atoms with Gasteiger partial charge in [0, 0.05) is 19.6 Å². The number of piperidine rings is 1. The van der Waals surface area contributed by atoms with Crippen LogP contribution in [0.25, 0.3) is 10.2 Å². The summed E-state index contributed by atoms with van der Waals surface area (Å²) < 4.78 is 7.06. The number of nitrogens with zero attached hydrogens (tertiary/aromatic N) is 4. The second kappa shape index (κ2) is 10.7. The van der Waals surface area contributed by atoms with Gasteiger partial charge in [-0.2, -0.15) is 0 Å². The van der Waals surface area contributed by atoms with Gasteiger partial charge in [0.25, 0.3) is 0 Å². The first-order chi connectivity index (χ1) is 17.8. The second-order valence-corrected chi connectivity index (χ2v) is 11.2. The maximum Gasteiger partial charge on any atom is 0.313 e. The number of thiazole rings is 1. The molecule has 9 nitrogen and oxygen atoms in total. The number of nitrogen functional groups attached to an aromatic ring is 1. The molecule has 0 radical (unpaired) electrons. The van der Waals surface area contributed by atoms with Gasteiger partial charge in [0.1, 0.15) is 16.9 Å². The van der Waals surface area contributed by atoms with Crippen molar-refractivity contribution in [2.45, 2.75) is 45.3 Å². The molecule has 3 aromatic rings. The zero-order valence-electron chi connectivity index (χ0n) is 21.6. The monoisotopic (exact) mass is 522 g/mol. The number of amides is 2. The molecule has 3 N–H and O–H groups in total. The molecule has 2 aliphatic rings. The van der Waals surface area contributed by atoms with E-state index in [1.54, 1.807) is 22.3 Å². The third kappa shape index (κ3) is 5.46. The maximum absolute atomic E-state index is 13.4. The number of anilines is 2. The van der Waals surface area contributed by atoms with Crippen molar-refractivity contribution < 1.29 is 14.3 Å². The molecule has 196 valence electrons. The predicted molar refractivity (Wildman–Crippen MR) is 145 cm³/mol. The molecule has 0 unspecified atom stereocenters. The van der Waals surface area contributed by atoms with E-state index in [0.29, 0.717) is 37.0 Å². The molecule has 2 aromatic heterocycles. The van der Waals surface area contributed by atoms with Crippen LogP contribution in [0, 0.1) is 5.92 Å². The SMILES string of the molecule is CCc1cc(NC(=O)C(=O)N2C[C@@H](C)CC[C@@H]2c2ccc3sc([C@H]4CN(C)CCO4)nc3c2)cnc1N. The summed E-state index contributed by atoms with van der Waals surface area (Å²) in [6.07, 6.45) is 3.93. The lowest BCUT2D eigenvalue weighted by molar-refractivity contribution is -0.146. The Kier molecular flexibility index (Phi) is 7.41. The number of carbonyl (C=O) groups is 2. The third-order valence-corrected chi connectivity index (χ3v) is 8.40. The number of likely N-dealkylation sites (N-methyl/N-ethyl adjacent to an activating group) is 1. The predicted octanol–water partition coefficient (Wildman–Crippen LogP) is 3.78. The molecular weight excluding hydrogens is 488 g/mol. The van der Waals surface area contributed by atoms with Crippen molar-refractivity contribution >= 4 is 44.9 Å². The topological polar surface area (TPSA) is 114 Å². The van der Waals surface area contributed by atoms with Crippen LogP contribution in [0.15, 0.2) is 30.5 Å². The molecule has 2 saturated heterocycles. The van der Waals surface area contributed by atoms with Gasteiger partial charge in [-0.1, -0.05) is 19.9 Å². The Morgan fingerprint density at radius 1 is 1.24 bits per heavy atom. The van der Waals surface area contributed by atoms with Crippen molar-refractivity contribution in [3.8, 4) is 0 Å². The fourth-order valence-corrected chi connectivity index (χ4v) is 6.13. The van der Waals surface area contributed by atoms with Crippen molar-refractivity contribution in [3.05, 3.63) is 46.6 Å². The minimum absolute atomic E-state index is 0.0204. The minimum atomic E-state index is -0.664. The highest BCUT2D eigenvalue weighted by Gasteiger charge is 2.34. The van der Waals surface area contributed by atoms with E-state index in [4.69, 9.17) is 15.5 Å². The van der Waals surface area contributed by atoms with Crippen molar-refractivity contribution in [3.63, 3.8) is 0 Å². The largest absolute Gasteiger partial charge is 0.383 e. The molecule has 0 saturated carbocycles. The quantitative estimate of drug-likeness (QED) is 0.501. The summed E-state index contributed by atoms with van der Waals surface area (Å²) in [7, 11) is 2.10. The zero-order chi connectivity index (χ0) is 26.1. The van der Waals surface area contributed by atoms with Gasteiger partial charge in [0.2, 0.25) is 0 Å². The summed E-state index contributed by atoms with van der Waals surface area (Å²) >= 11 is 1.66.